The van der Waals surface area contributed by atoms with Gasteiger partial charge < -0.3 is 0 Å². The van der Waals surface area contributed by atoms with Crippen LogP contribution in [-0.4, -0.2) is 30.3 Å². The number of hydrogen-bond acceptors (Lipinski definition) is 2. The van der Waals surface area contributed by atoms with Gasteiger partial charge in [-0.05, 0) is 33.4 Å². The van der Waals surface area contributed by atoms with Gasteiger partial charge in [0.2, 0.25) is 0 Å². The van der Waals surface area contributed by atoms with Crippen LogP contribution in [0.2, 0.25) is 0 Å². The minimum absolute atomic E-state index is 0.212. The Morgan fingerprint density at radius 1 is 1.15 bits per heavy atom. The highest BCUT2D eigenvalue weighted by atomic mass is 16.1. The minimum atomic E-state index is -0.212. The van der Waals surface area contributed by atoms with Crippen LogP contribution in [0.1, 0.15) is 46.5 Å². The lowest BCUT2D eigenvalue weighted by molar-refractivity contribution is -0.130. The van der Waals surface area contributed by atoms with E-state index in [1.54, 1.807) is 0 Å². The first-order valence-electron chi connectivity index (χ1n) is 5.25. The second-order valence-corrected chi connectivity index (χ2v) is 3.81. The summed E-state index contributed by atoms with van der Waals surface area (Å²) in [6.45, 7) is 6.25. The average Bonchev–Trinajstić information content (AvgIpc) is 2.07. The molecule has 0 bridgehead atoms. The van der Waals surface area contributed by atoms with Crippen molar-refractivity contribution >= 4 is 5.78 Å². The Morgan fingerprint density at radius 2 is 1.62 bits per heavy atom. The van der Waals surface area contributed by atoms with Gasteiger partial charge in [0.1, 0.15) is 0 Å². The molecule has 0 aliphatic heterocycles. The summed E-state index contributed by atoms with van der Waals surface area (Å²) < 4.78 is 0. The van der Waals surface area contributed by atoms with Crippen LogP contribution in [0.4, 0.5) is 0 Å². The third-order valence-corrected chi connectivity index (χ3v) is 3.02. The van der Waals surface area contributed by atoms with Crippen molar-refractivity contribution in [3.63, 3.8) is 0 Å². The molecule has 0 saturated carbocycles. The molecule has 0 fully saturated rings. The van der Waals surface area contributed by atoms with E-state index >= 15 is 0 Å². The molecule has 0 saturated heterocycles. The van der Waals surface area contributed by atoms with Crippen LogP contribution in [0.15, 0.2) is 0 Å². The van der Waals surface area contributed by atoms with Gasteiger partial charge in [0.15, 0.2) is 5.78 Å². The Morgan fingerprint density at radius 3 is 1.85 bits per heavy atom. The molecule has 0 aliphatic carbocycles. The average molecular weight is 185 g/mol. The maximum Gasteiger partial charge on any atom is 0.153 e. The smallest absolute Gasteiger partial charge is 0.153 e. The van der Waals surface area contributed by atoms with Crippen molar-refractivity contribution in [3.8, 4) is 0 Å². The fraction of sp³-hybridized carbons (Fsp3) is 0.909. The normalized spacial score (nSPS) is 12.2. The zero-order valence-electron chi connectivity index (χ0n) is 9.68. The Labute approximate surface area is 82.3 Å². The van der Waals surface area contributed by atoms with Crippen LogP contribution in [-0.2, 0) is 4.79 Å². The number of carbonyl (C=O) groups excluding carboxylic acids is 1. The molecule has 2 nitrogen and oxygen atoms in total. The molecule has 0 atom stereocenters. The van der Waals surface area contributed by atoms with E-state index in [1.165, 1.54) is 0 Å². The van der Waals surface area contributed by atoms with Crippen LogP contribution >= 0.6 is 0 Å². The van der Waals surface area contributed by atoms with E-state index in [4.69, 9.17) is 0 Å². The molecule has 2 heteroatoms. The SMILES string of the molecule is CCCC(=O)C(CC)(CC)N(C)C. The first-order chi connectivity index (χ1) is 6.05. The van der Waals surface area contributed by atoms with E-state index in [-0.39, 0.29) is 5.54 Å². The molecule has 0 unspecified atom stereocenters. The second-order valence-electron chi connectivity index (χ2n) is 3.81. The van der Waals surface area contributed by atoms with E-state index in [0.29, 0.717) is 12.2 Å². The van der Waals surface area contributed by atoms with Crippen molar-refractivity contribution in [2.75, 3.05) is 14.1 Å². The molecular weight excluding hydrogens is 162 g/mol. The van der Waals surface area contributed by atoms with Crippen molar-refractivity contribution in [3.05, 3.63) is 0 Å². The summed E-state index contributed by atoms with van der Waals surface area (Å²) in [5.74, 6) is 0.394. The number of Topliss-reactive ketones (excluding diaryl/α,β-unsaturated/α-hetero) is 1. The number of hydrogen-bond donors (Lipinski definition) is 0. The lowest BCUT2D eigenvalue weighted by Crippen LogP contribution is -2.50. The van der Waals surface area contributed by atoms with E-state index in [2.05, 4.69) is 25.7 Å². The van der Waals surface area contributed by atoms with Crippen molar-refractivity contribution in [2.45, 2.75) is 52.0 Å². The summed E-state index contributed by atoms with van der Waals surface area (Å²) in [6.07, 6.45) is 3.49. The zero-order chi connectivity index (χ0) is 10.5. The minimum Gasteiger partial charge on any atom is -0.298 e. The highest BCUT2D eigenvalue weighted by Crippen LogP contribution is 2.24. The number of ketones is 1. The van der Waals surface area contributed by atoms with Crippen LogP contribution in [0.5, 0.6) is 0 Å². The van der Waals surface area contributed by atoms with Gasteiger partial charge in [0.05, 0.1) is 5.54 Å². The third kappa shape index (κ3) is 2.53. The van der Waals surface area contributed by atoms with E-state index < -0.39 is 0 Å². The molecule has 0 radical (unpaired) electrons. The summed E-state index contributed by atoms with van der Waals surface area (Å²) >= 11 is 0. The van der Waals surface area contributed by atoms with Crippen molar-refractivity contribution in [2.24, 2.45) is 0 Å². The Kier molecular flexibility index (Phi) is 5.23. The highest BCUT2D eigenvalue weighted by Gasteiger charge is 2.35. The molecule has 78 valence electrons. The lowest BCUT2D eigenvalue weighted by Gasteiger charge is -2.37. The topological polar surface area (TPSA) is 20.3 Å². The summed E-state index contributed by atoms with van der Waals surface area (Å²) in [4.78, 5) is 14.0. The number of rotatable bonds is 6. The maximum atomic E-state index is 11.9. The molecule has 0 aliphatic rings. The predicted octanol–water partition coefficient (Wildman–Crippen LogP) is 2.48. The maximum absolute atomic E-state index is 11.9. The van der Waals surface area contributed by atoms with E-state index in [9.17, 15) is 4.79 Å². The van der Waals surface area contributed by atoms with Gasteiger partial charge in [-0.3, -0.25) is 9.69 Å². The Balaban J connectivity index is 4.65. The summed E-state index contributed by atoms with van der Waals surface area (Å²) in [7, 11) is 4.00. The second kappa shape index (κ2) is 5.38. The zero-order valence-corrected chi connectivity index (χ0v) is 9.68. The van der Waals surface area contributed by atoms with Gasteiger partial charge in [0, 0.05) is 6.42 Å². The summed E-state index contributed by atoms with van der Waals surface area (Å²) in [5.41, 5.74) is -0.212. The quantitative estimate of drug-likeness (QED) is 0.633. The first-order valence-corrected chi connectivity index (χ1v) is 5.25. The van der Waals surface area contributed by atoms with Gasteiger partial charge in [-0.2, -0.15) is 0 Å². The molecular formula is C11H23NO. The Hall–Kier alpha value is -0.370. The molecule has 0 amide bonds. The number of likely N-dealkylation sites (N-methyl/N-ethyl adjacent to an activating group) is 1. The first kappa shape index (κ1) is 12.6. The summed E-state index contributed by atoms with van der Waals surface area (Å²) in [6, 6.07) is 0. The summed E-state index contributed by atoms with van der Waals surface area (Å²) in [5, 5.41) is 0. The third-order valence-electron chi connectivity index (χ3n) is 3.02. The van der Waals surface area contributed by atoms with Gasteiger partial charge in [-0.25, -0.2) is 0 Å². The number of carbonyl (C=O) groups is 1. The van der Waals surface area contributed by atoms with Gasteiger partial charge >= 0.3 is 0 Å². The largest absolute Gasteiger partial charge is 0.298 e. The molecule has 13 heavy (non-hydrogen) atoms. The van der Waals surface area contributed by atoms with Gasteiger partial charge in [0.25, 0.3) is 0 Å². The van der Waals surface area contributed by atoms with Gasteiger partial charge in [-0.1, -0.05) is 20.8 Å². The molecule has 0 rings (SSSR count). The van der Waals surface area contributed by atoms with Crippen LogP contribution < -0.4 is 0 Å². The van der Waals surface area contributed by atoms with Crippen molar-refractivity contribution in [1.82, 2.24) is 4.90 Å². The van der Waals surface area contributed by atoms with Crippen LogP contribution in [0.25, 0.3) is 0 Å². The molecule has 0 spiro atoms. The Bertz CT molecular complexity index is 159. The predicted molar refractivity (Wildman–Crippen MR) is 56.9 cm³/mol. The standard InChI is InChI=1S/C11H23NO/c1-6-9-10(13)11(7-2,8-3)12(4)5/h6-9H2,1-5H3. The highest BCUT2D eigenvalue weighted by molar-refractivity contribution is 5.88. The van der Waals surface area contributed by atoms with Crippen molar-refractivity contribution in [1.29, 1.82) is 0 Å². The van der Waals surface area contributed by atoms with Crippen molar-refractivity contribution < 1.29 is 4.79 Å². The van der Waals surface area contributed by atoms with E-state index in [1.807, 2.05) is 14.1 Å². The molecule has 0 N–H and O–H groups in total. The monoisotopic (exact) mass is 185 g/mol. The molecule has 0 aromatic carbocycles. The van der Waals surface area contributed by atoms with Crippen LogP contribution in [0.3, 0.4) is 0 Å². The van der Waals surface area contributed by atoms with E-state index in [0.717, 1.165) is 19.3 Å². The van der Waals surface area contributed by atoms with Crippen LogP contribution in [0, 0.1) is 0 Å². The molecule has 0 aromatic rings. The fourth-order valence-corrected chi connectivity index (χ4v) is 1.99. The fourth-order valence-electron chi connectivity index (χ4n) is 1.99. The molecule has 0 heterocycles. The lowest BCUT2D eigenvalue weighted by atomic mass is 9.84. The molecule has 0 aromatic heterocycles. The van der Waals surface area contributed by atoms with Gasteiger partial charge in [-0.15, -0.1) is 0 Å². The number of nitrogens with zero attached hydrogens (tertiary/aromatic N) is 1.